The Balaban J connectivity index is 4.01. The molecule has 0 spiro atoms. The third-order valence-electron chi connectivity index (χ3n) is 1.20. The van der Waals surface area contributed by atoms with Gasteiger partial charge in [0.25, 0.3) is 0 Å². The van der Waals surface area contributed by atoms with Crippen LogP contribution in [-0.4, -0.2) is 47.3 Å². The summed E-state index contributed by atoms with van der Waals surface area (Å²) >= 11 is 0. The van der Waals surface area contributed by atoms with Gasteiger partial charge in [0.15, 0.2) is 0 Å². The van der Waals surface area contributed by atoms with Crippen LogP contribution in [0, 0.1) is 0 Å². The van der Waals surface area contributed by atoms with Crippen molar-refractivity contribution in [3.8, 4) is 0 Å². The first kappa shape index (κ1) is 9.27. The van der Waals surface area contributed by atoms with Crippen molar-refractivity contribution in [2.45, 2.75) is 0 Å². The molecule has 0 unspecified atom stereocenters. The number of hydrogen-bond donors (Lipinski definition) is 2. The molecule has 0 aliphatic rings. The molecule has 0 aliphatic carbocycles. The monoisotopic (exact) mass is 154 g/mol. The fourth-order valence-corrected chi connectivity index (χ4v) is 1.20. The standard InChI is InChI=1S/C4H15N2O2P/c1-5(2)9(7,8)6(3)4/h7-9H,1-4H3. The van der Waals surface area contributed by atoms with E-state index in [0.29, 0.717) is 0 Å². The Morgan fingerprint density at radius 2 is 1.11 bits per heavy atom. The fraction of sp³-hybridized carbons (Fsp3) is 1.00. The molecule has 0 heterocycles. The zero-order valence-corrected chi connectivity index (χ0v) is 7.29. The van der Waals surface area contributed by atoms with E-state index in [4.69, 9.17) is 0 Å². The van der Waals surface area contributed by atoms with Gasteiger partial charge in [0.05, 0.1) is 0 Å². The number of rotatable bonds is 2. The predicted octanol–water partition coefficient (Wildman–Crippen LogP) is -0.496. The molecule has 0 saturated carbocycles. The molecule has 9 heavy (non-hydrogen) atoms. The summed E-state index contributed by atoms with van der Waals surface area (Å²) in [4.78, 5) is 18.4. The second kappa shape index (κ2) is 2.90. The van der Waals surface area contributed by atoms with Crippen molar-refractivity contribution in [1.29, 1.82) is 0 Å². The Hall–Kier alpha value is 0.270. The van der Waals surface area contributed by atoms with E-state index in [1.807, 2.05) is 0 Å². The summed E-state index contributed by atoms with van der Waals surface area (Å²) in [5.74, 6) is 0. The summed E-state index contributed by atoms with van der Waals surface area (Å²) in [5, 5.41) is 0. The predicted molar refractivity (Wildman–Crippen MR) is 40.1 cm³/mol. The minimum atomic E-state index is -3.19. The second-order valence-electron chi connectivity index (χ2n) is 2.39. The van der Waals surface area contributed by atoms with Crippen LogP contribution in [0.25, 0.3) is 0 Å². The molecular weight excluding hydrogens is 139 g/mol. The van der Waals surface area contributed by atoms with Gasteiger partial charge in [0.1, 0.15) is 0 Å². The van der Waals surface area contributed by atoms with E-state index in [1.165, 1.54) is 9.34 Å². The second-order valence-corrected chi connectivity index (χ2v) is 5.38. The van der Waals surface area contributed by atoms with Crippen LogP contribution in [0.3, 0.4) is 0 Å². The molecule has 0 aromatic carbocycles. The summed E-state index contributed by atoms with van der Waals surface area (Å²) in [6.07, 6.45) is 0. The van der Waals surface area contributed by atoms with E-state index in [1.54, 1.807) is 28.2 Å². The Morgan fingerprint density at radius 3 is 1.11 bits per heavy atom. The van der Waals surface area contributed by atoms with Gasteiger partial charge < -0.3 is 0 Å². The van der Waals surface area contributed by atoms with Crippen LogP contribution >= 0.6 is 8.02 Å². The van der Waals surface area contributed by atoms with Gasteiger partial charge in [-0.05, 0) is 0 Å². The maximum atomic E-state index is 9.22. The third kappa shape index (κ3) is 2.16. The topological polar surface area (TPSA) is 46.9 Å². The van der Waals surface area contributed by atoms with Crippen molar-refractivity contribution >= 4 is 8.02 Å². The molecule has 0 radical (unpaired) electrons. The number of hydrogen-bond acceptors (Lipinski definition) is 4. The Morgan fingerprint density at radius 1 is 0.889 bits per heavy atom. The molecule has 58 valence electrons. The SMILES string of the molecule is CN(C)[PH](O)(O)N(C)C. The fourth-order valence-electron chi connectivity index (χ4n) is 0.400. The Bertz CT molecular complexity index is 84.6. The van der Waals surface area contributed by atoms with Gasteiger partial charge in [-0.3, -0.25) is 0 Å². The molecular formula is C4H15N2O2P. The van der Waals surface area contributed by atoms with Crippen LogP contribution in [0.5, 0.6) is 0 Å². The van der Waals surface area contributed by atoms with Crippen molar-refractivity contribution < 1.29 is 9.79 Å². The molecule has 0 aliphatic heterocycles. The Labute approximate surface area is 56.3 Å². The van der Waals surface area contributed by atoms with E-state index in [9.17, 15) is 9.79 Å². The summed E-state index contributed by atoms with van der Waals surface area (Å²) in [6.45, 7) is 0. The van der Waals surface area contributed by atoms with E-state index in [-0.39, 0.29) is 0 Å². The van der Waals surface area contributed by atoms with Crippen LogP contribution in [0.2, 0.25) is 0 Å². The molecule has 0 fully saturated rings. The first-order valence-electron chi connectivity index (χ1n) is 2.68. The normalized spacial score (nSPS) is 15.1. The van der Waals surface area contributed by atoms with E-state index in [0.717, 1.165) is 0 Å². The van der Waals surface area contributed by atoms with Crippen LogP contribution in [0.4, 0.5) is 0 Å². The van der Waals surface area contributed by atoms with Gasteiger partial charge in [0, 0.05) is 0 Å². The van der Waals surface area contributed by atoms with Crippen LogP contribution in [-0.2, 0) is 0 Å². The quantitative estimate of drug-likeness (QED) is 0.526. The van der Waals surface area contributed by atoms with E-state index >= 15 is 0 Å². The van der Waals surface area contributed by atoms with Crippen LogP contribution < -0.4 is 0 Å². The van der Waals surface area contributed by atoms with Crippen molar-refractivity contribution in [3.63, 3.8) is 0 Å². The molecule has 0 saturated heterocycles. The van der Waals surface area contributed by atoms with Gasteiger partial charge in [-0.15, -0.1) is 0 Å². The van der Waals surface area contributed by atoms with Crippen LogP contribution in [0.1, 0.15) is 0 Å². The first-order chi connectivity index (χ1) is 3.89. The Kier molecular flexibility index (Phi) is 2.99. The molecule has 0 atom stereocenters. The molecule has 2 N–H and O–H groups in total. The van der Waals surface area contributed by atoms with Crippen LogP contribution in [0.15, 0.2) is 0 Å². The van der Waals surface area contributed by atoms with Gasteiger partial charge in [-0.2, -0.15) is 0 Å². The van der Waals surface area contributed by atoms with Crippen molar-refractivity contribution in [1.82, 2.24) is 9.34 Å². The van der Waals surface area contributed by atoms with Gasteiger partial charge >= 0.3 is 55.3 Å². The zero-order valence-electron chi connectivity index (χ0n) is 6.29. The molecule has 0 bridgehead atoms. The van der Waals surface area contributed by atoms with Crippen molar-refractivity contribution in [2.24, 2.45) is 0 Å². The number of nitrogens with zero attached hydrogens (tertiary/aromatic N) is 2. The summed E-state index contributed by atoms with van der Waals surface area (Å²) in [6, 6.07) is 0. The molecule has 0 rings (SSSR count). The summed E-state index contributed by atoms with van der Waals surface area (Å²) < 4.78 is 2.88. The molecule has 4 nitrogen and oxygen atoms in total. The van der Waals surface area contributed by atoms with Crippen molar-refractivity contribution in [2.75, 3.05) is 28.2 Å². The summed E-state index contributed by atoms with van der Waals surface area (Å²) in [5.41, 5.74) is 0. The first-order valence-corrected chi connectivity index (χ1v) is 4.47. The third-order valence-corrected chi connectivity index (χ3v) is 3.60. The van der Waals surface area contributed by atoms with E-state index < -0.39 is 8.02 Å². The van der Waals surface area contributed by atoms with Gasteiger partial charge in [-0.1, -0.05) is 0 Å². The molecule has 0 aromatic rings. The summed E-state index contributed by atoms with van der Waals surface area (Å²) in [7, 11) is 3.39. The molecule has 0 amide bonds. The zero-order chi connectivity index (χ0) is 7.65. The molecule has 0 aromatic heterocycles. The van der Waals surface area contributed by atoms with E-state index in [2.05, 4.69) is 0 Å². The minimum absolute atomic E-state index is 1.44. The average Bonchev–Trinajstić information content (AvgIpc) is 1.65. The van der Waals surface area contributed by atoms with Gasteiger partial charge in [-0.25, -0.2) is 0 Å². The maximum absolute atomic E-state index is 9.22. The average molecular weight is 154 g/mol. The van der Waals surface area contributed by atoms with Gasteiger partial charge in [0.2, 0.25) is 0 Å². The van der Waals surface area contributed by atoms with Crippen molar-refractivity contribution in [3.05, 3.63) is 0 Å². The molecule has 5 heteroatoms.